The summed E-state index contributed by atoms with van der Waals surface area (Å²) in [5, 5.41) is 7.78. The summed E-state index contributed by atoms with van der Waals surface area (Å²) < 4.78 is 2.27. The number of carbonyl (C=O) groups excluding carboxylic acids is 1. The van der Waals surface area contributed by atoms with Crippen LogP contribution in [0, 0.1) is 0 Å². The summed E-state index contributed by atoms with van der Waals surface area (Å²) in [6, 6.07) is 12.6. The lowest BCUT2D eigenvalue weighted by Crippen LogP contribution is -2.20. The average molecular weight is 335 g/mol. The van der Waals surface area contributed by atoms with E-state index in [2.05, 4.69) is 16.1 Å². The number of rotatable bonds is 6. The van der Waals surface area contributed by atoms with Crippen LogP contribution in [0.2, 0.25) is 0 Å². The van der Waals surface area contributed by atoms with E-state index in [9.17, 15) is 4.79 Å². The third kappa shape index (κ3) is 4.01. The van der Waals surface area contributed by atoms with Crippen molar-refractivity contribution >= 4 is 12.0 Å². The Morgan fingerprint density at radius 3 is 2.64 bits per heavy atom. The highest BCUT2D eigenvalue weighted by Gasteiger charge is 2.31. The van der Waals surface area contributed by atoms with Crippen molar-refractivity contribution in [3.05, 3.63) is 59.4 Å². The van der Waals surface area contributed by atoms with Crippen LogP contribution in [0.25, 0.3) is 6.08 Å². The molecule has 0 unspecified atom stereocenters. The van der Waals surface area contributed by atoms with Gasteiger partial charge in [0.15, 0.2) is 0 Å². The van der Waals surface area contributed by atoms with Gasteiger partial charge in [-0.25, -0.2) is 0 Å². The first-order valence-electron chi connectivity index (χ1n) is 9.39. The Labute approximate surface area is 148 Å². The summed E-state index contributed by atoms with van der Waals surface area (Å²) in [6.45, 7) is 0.497. The van der Waals surface area contributed by atoms with E-state index in [-0.39, 0.29) is 5.91 Å². The van der Waals surface area contributed by atoms with Gasteiger partial charge in [-0.2, -0.15) is 5.10 Å². The van der Waals surface area contributed by atoms with Crippen LogP contribution < -0.4 is 5.32 Å². The minimum Gasteiger partial charge on any atom is -0.347 e. The molecule has 130 valence electrons. The minimum absolute atomic E-state index is 0.0766. The monoisotopic (exact) mass is 335 g/mol. The van der Waals surface area contributed by atoms with Crippen LogP contribution in [0.1, 0.15) is 67.4 Å². The molecule has 0 spiro atoms. The Hall–Kier alpha value is -2.36. The molecule has 0 bridgehead atoms. The number of nitrogens with one attached hydrogen (secondary N) is 1. The van der Waals surface area contributed by atoms with Gasteiger partial charge in [0, 0.05) is 17.7 Å². The lowest BCUT2D eigenvalue weighted by Gasteiger charge is -2.13. The molecule has 4 heteroatoms. The zero-order valence-electron chi connectivity index (χ0n) is 14.5. The number of hydrogen-bond donors (Lipinski definition) is 1. The molecular formula is C21H25N3O. The van der Waals surface area contributed by atoms with Gasteiger partial charge in [-0.05, 0) is 43.4 Å². The molecule has 0 aliphatic heterocycles. The molecule has 1 amide bonds. The van der Waals surface area contributed by atoms with Gasteiger partial charge in [0.05, 0.1) is 18.3 Å². The van der Waals surface area contributed by atoms with Crippen LogP contribution in [0.15, 0.2) is 42.5 Å². The molecule has 2 aliphatic carbocycles. The van der Waals surface area contributed by atoms with Crippen molar-refractivity contribution in [2.45, 2.75) is 57.0 Å². The predicted molar refractivity (Wildman–Crippen MR) is 99.0 cm³/mol. The summed E-state index contributed by atoms with van der Waals surface area (Å²) >= 11 is 0. The molecular weight excluding hydrogens is 310 g/mol. The first kappa shape index (κ1) is 16.1. The molecule has 1 aromatic carbocycles. The van der Waals surface area contributed by atoms with Gasteiger partial charge < -0.3 is 5.32 Å². The fourth-order valence-electron chi connectivity index (χ4n) is 3.65. The van der Waals surface area contributed by atoms with E-state index in [1.54, 1.807) is 6.08 Å². The van der Waals surface area contributed by atoms with Gasteiger partial charge in [0.2, 0.25) is 5.91 Å². The zero-order chi connectivity index (χ0) is 17.1. The molecule has 1 heterocycles. The van der Waals surface area contributed by atoms with E-state index >= 15 is 0 Å². The first-order valence-corrected chi connectivity index (χ1v) is 9.39. The van der Waals surface area contributed by atoms with Crippen LogP contribution in [0.3, 0.4) is 0 Å². The van der Waals surface area contributed by atoms with Crippen molar-refractivity contribution < 1.29 is 4.79 Å². The molecule has 2 aromatic rings. The van der Waals surface area contributed by atoms with Crippen LogP contribution >= 0.6 is 0 Å². The van der Waals surface area contributed by atoms with Crippen molar-refractivity contribution in [1.29, 1.82) is 0 Å². The Bertz CT molecular complexity index is 753. The second-order valence-corrected chi connectivity index (χ2v) is 7.18. The summed E-state index contributed by atoms with van der Waals surface area (Å²) in [6.07, 6.45) is 11.1. The van der Waals surface area contributed by atoms with Crippen molar-refractivity contribution in [2.24, 2.45) is 0 Å². The van der Waals surface area contributed by atoms with Crippen LogP contribution in [0.5, 0.6) is 0 Å². The molecule has 0 radical (unpaired) electrons. The third-order valence-corrected chi connectivity index (χ3v) is 5.15. The number of aromatic nitrogens is 2. The van der Waals surface area contributed by atoms with Crippen molar-refractivity contribution in [3.63, 3.8) is 0 Å². The number of amides is 1. The molecule has 4 rings (SSSR count). The average Bonchev–Trinajstić information content (AvgIpc) is 3.18. The maximum atomic E-state index is 12.1. The fourth-order valence-corrected chi connectivity index (χ4v) is 3.65. The van der Waals surface area contributed by atoms with Crippen molar-refractivity contribution in [2.75, 3.05) is 0 Å². The highest BCUT2D eigenvalue weighted by atomic mass is 16.1. The van der Waals surface area contributed by atoms with Crippen LogP contribution in [-0.2, 0) is 11.3 Å². The highest BCUT2D eigenvalue weighted by Crippen LogP contribution is 2.43. The topological polar surface area (TPSA) is 46.9 Å². The molecule has 0 saturated heterocycles. The molecule has 2 fully saturated rings. The van der Waals surface area contributed by atoms with E-state index in [4.69, 9.17) is 5.10 Å². The van der Waals surface area contributed by atoms with Gasteiger partial charge in [-0.3, -0.25) is 9.48 Å². The molecule has 2 aliphatic rings. The molecule has 1 aromatic heterocycles. The van der Waals surface area contributed by atoms with E-state index in [1.165, 1.54) is 44.2 Å². The Morgan fingerprint density at radius 2 is 1.92 bits per heavy atom. The van der Waals surface area contributed by atoms with Gasteiger partial charge in [-0.15, -0.1) is 0 Å². The van der Waals surface area contributed by atoms with Gasteiger partial charge in [-0.1, -0.05) is 43.2 Å². The lowest BCUT2D eigenvalue weighted by atomic mass is 10.2. The molecule has 4 nitrogen and oxygen atoms in total. The quantitative estimate of drug-likeness (QED) is 0.804. The van der Waals surface area contributed by atoms with Crippen molar-refractivity contribution in [1.82, 2.24) is 15.1 Å². The number of hydrogen-bond acceptors (Lipinski definition) is 2. The largest absolute Gasteiger partial charge is 0.347 e. The van der Waals surface area contributed by atoms with Crippen molar-refractivity contribution in [3.8, 4) is 0 Å². The van der Waals surface area contributed by atoms with Crippen LogP contribution in [0.4, 0.5) is 0 Å². The first-order chi connectivity index (χ1) is 12.3. The molecule has 0 atom stereocenters. The molecule has 2 saturated carbocycles. The minimum atomic E-state index is -0.0766. The zero-order valence-corrected chi connectivity index (χ0v) is 14.5. The van der Waals surface area contributed by atoms with E-state index in [1.807, 2.05) is 36.4 Å². The second kappa shape index (κ2) is 7.26. The Balaban J connectivity index is 1.38. The predicted octanol–water partition coefficient (Wildman–Crippen LogP) is 4.21. The van der Waals surface area contributed by atoms with Crippen LogP contribution in [-0.4, -0.2) is 15.7 Å². The molecule has 1 N–H and O–H groups in total. The van der Waals surface area contributed by atoms with E-state index in [0.717, 1.165) is 11.3 Å². The van der Waals surface area contributed by atoms with E-state index < -0.39 is 0 Å². The standard InChI is InChI=1S/C21H25N3O/c25-21(13-10-16-6-2-1-3-7-16)22-15-18-14-20(17-11-12-17)24(23-18)19-8-4-5-9-19/h1-3,6-7,10,13-14,17,19H,4-5,8-9,11-12,15H2,(H,22,25)/b13-10+. The summed E-state index contributed by atoms with van der Waals surface area (Å²) in [5.74, 6) is 0.614. The third-order valence-electron chi connectivity index (χ3n) is 5.15. The second-order valence-electron chi connectivity index (χ2n) is 7.18. The highest BCUT2D eigenvalue weighted by molar-refractivity contribution is 5.91. The Kier molecular flexibility index (Phi) is 4.68. The molecule has 25 heavy (non-hydrogen) atoms. The normalized spacial score (nSPS) is 18.1. The lowest BCUT2D eigenvalue weighted by molar-refractivity contribution is -0.116. The number of carbonyl (C=O) groups is 1. The van der Waals surface area contributed by atoms with E-state index in [0.29, 0.717) is 18.5 Å². The maximum absolute atomic E-state index is 12.1. The van der Waals surface area contributed by atoms with Gasteiger partial charge in [0.1, 0.15) is 0 Å². The Morgan fingerprint density at radius 1 is 1.16 bits per heavy atom. The summed E-state index contributed by atoms with van der Waals surface area (Å²) in [7, 11) is 0. The summed E-state index contributed by atoms with van der Waals surface area (Å²) in [5.41, 5.74) is 3.39. The fraction of sp³-hybridized carbons (Fsp3) is 0.429. The number of benzene rings is 1. The SMILES string of the molecule is O=C(/C=C/c1ccccc1)NCc1cc(C2CC2)n(C2CCCC2)n1. The van der Waals surface area contributed by atoms with Gasteiger partial charge in [0.25, 0.3) is 0 Å². The van der Waals surface area contributed by atoms with Gasteiger partial charge >= 0.3 is 0 Å². The number of nitrogens with zero attached hydrogens (tertiary/aromatic N) is 2. The summed E-state index contributed by atoms with van der Waals surface area (Å²) in [4.78, 5) is 12.1. The smallest absolute Gasteiger partial charge is 0.244 e. The maximum Gasteiger partial charge on any atom is 0.244 e.